The summed E-state index contributed by atoms with van der Waals surface area (Å²) in [6, 6.07) is 0. The van der Waals surface area contributed by atoms with Gasteiger partial charge in [0.1, 0.15) is 0 Å². The maximum absolute atomic E-state index is 11.3. The molecule has 0 atom stereocenters. The zero-order chi connectivity index (χ0) is 14.4. The van der Waals surface area contributed by atoms with Gasteiger partial charge in [0.05, 0.1) is 13.2 Å². The van der Waals surface area contributed by atoms with Gasteiger partial charge >= 0.3 is 10.4 Å². The van der Waals surface area contributed by atoms with Crippen LogP contribution in [0.25, 0.3) is 0 Å². The number of nitrogens with one attached hydrogen (secondary N) is 2. The third kappa shape index (κ3) is 14.0. The van der Waals surface area contributed by atoms with Gasteiger partial charge in [0.2, 0.25) is 0 Å². The highest BCUT2D eigenvalue weighted by Crippen LogP contribution is 1.94. The molecule has 0 aliphatic heterocycles. The van der Waals surface area contributed by atoms with Crippen LogP contribution in [0.15, 0.2) is 0 Å². The molecule has 0 bridgehead atoms. The molecular formula is C12H28N2O4S. The maximum Gasteiger partial charge on any atom is 0.399 e. The van der Waals surface area contributed by atoms with Crippen molar-refractivity contribution in [2.75, 3.05) is 39.4 Å². The summed E-state index contributed by atoms with van der Waals surface area (Å²) in [5, 5.41) is 6.18. The van der Waals surface area contributed by atoms with Crippen LogP contribution >= 0.6 is 0 Å². The fourth-order valence-electron chi connectivity index (χ4n) is 1.32. The Morgan fingerprint density at radius 3 is 1.58 bits per heavy atom. The van der Waals surface area contributed by atoms with Crippen molar-refractivity contribution < 1.29 is 16.8 Å². The predicted octanol–water partition coefficient (Wildman–Crippen LogP) is 1.04. The standard InChI is InChI=1S/C12H28N2O4S/c1-3-5-7-13-9-11-17-19(15,16)18-12-10-14-8-6-4-2/h13-14H,3-12H2,1-2H3. The van der Waals surface area contributed by atoms with Crippen LogP contribution < -0.4 is 10.6 Å². The molecule has 0 aliphatic rings. The summed E-state index contributed by atoms with van der Waals surface area (Å²) in [5.74, 6) is 0. The van der Waals surface area contributed by atoms with E-state index in [1.807, 2.05) is 0 Å². The van der Waals surface area contributed by atoms with Gasteiger partial charge in [0.15, 0.2) is 0 Å². The second-order valence-corrected chi connectivity index (χ2v) is 5.55. The lowest BCUT2D eigenvalue weighted by atomic mass is 10.3. The molecular weight excluding hydrogens is 268 g/mol. The van der Waals surface area contributed by atoms with Gasteiger partial charge in [-0.25, -0.2) is 8.37 Å². The lowest BCUT2D eigenvalue weighted by molar-refractivity contribution is 0.215. The quantitative estimate of drug-likeness (QED) is 0.467. The highest BCUT2D eigenvalue weighted by molar-refractivity contribution is 7.81. The maximum atomic E-state index is 11.3. The Morgan fingerprint density at radius 2 is 1.21 bits per heavy atom. The minimum Gasteiger partial charge on any atom is -0.314 e. The van der Waals surface area contributed by atoms with Crippen LogP contribution in [-0.4, -0.2) is 47.8 Å². The van der Waals surface area contributed by atoms with E-state index in [-0.39, 0.29) is 13.2 Å². The number of rotatable bonds is 14. The minimum absolute atomic E-state index is 0.106. The topological polar surface area (TPSA) is 76.7 Å². The Bertz CT molecular complexity index is 261. The van der Waals surface area contributed by atoms with E-state index in [2.05, 4.69) is 24.5 Å². The van der Waals surface area contributed by atoms with Crippen LogP contribution in [0.1, 0.15) is 39.5 Å². The number of hydrogen-bond acceptors (Lipinski definition) is 6. The monoisotopic (exact) mass is 296 g/mol. The first-order chi connectivity index (χ1) is 9.12. The summed E-state index contributed by atoms with van der Waals surface area (Å²) in [4.78, 5) is 0. The molecule has 0 fully saturated rings. The van der Waals surface area contributed by atoms with Crippen LogP contribution in [0.3, 0.4) is 0 Å². The summed E-state index contributed by atoms with van der Waals surface area (Å²) < 4.78 is 32.0. The highest BCUT2D eigenvalue weighted by Gasteiger charge is 2.10. The van der Waals surface area contributed by atoms with E-state index in [9.17, 15) is 8.42 Å². The molecule has 0 radical (unpaired) electrons. The molecule has 6 nitrogen and oxygen atoms in total. The molecule has 0 aromatic carbocycles. The van der Waals surface area contributed by atoms with Gasteiger partial charge in [0, 0.05) is 13.1 Å². The van der Waals surface area contributed by atoms with Gasteiger partial charge in [-0.2, -0.15) is 8.42 Å². The van der Waals surface area contributed by atoms with Crippen molar-refractivity contribution in [3.05, 3.63) is 0 Å². The van der Waals surface area contributed by atoms with Crippen LogP contribution in [0.4, 0.5) is 0 Å². The van der Waals surface area contributed by atoms with E-state index in [4.69, 9.17) is 8.37 Å². The van der Waals surface area contributed by atoms with Crippen molar-refractivity contribution in [1.29, 1.82) is 0 Å². The van der Waals surface area contributed by atoms with Gasteiger partial charge in [-0.15, -0.1) is 0 Å². The first-order valence-electron chi connectivity index (χ1n) is 7.07. The average molecular weight is 296 g/mol. The Kier molecular flexibility index (Phi) is 12.7. The van der Waals surface area contributed by atoms with Gasteiger partial charge in [-0.05, 0) is 25.9 Å². The van der Waals surface area contributed by atoms with Crippen LogP contribution in [-0.2, 0) is 18.8 Å². The fraction of sp³-hybridized carbons (Fsp3) is 1.00. The van der Waals surface area contributed by atoms with Crippen molar-refractivity contribution >= 4 is 10.4 Å². The first kappa shape index (κ1) is 18.8. The molecule has 0 amide bonds. The van der Waals surface area contributed by atoms with Gasteiger partial charge < -0.3 is 10.6 Å². The van der Waals surface area contributed by atoms with E-state index in [1.54, 1.807) is 0 Å². The summed E-state index contributed by atoms with van der Waals surface area (Å²) in [6.07, 6.45) is 4.37. The molecule has 0 saturated heterocycles. The summed E-state index contributed by atoms with van der Waals surface area (Å²) in [6.45, 7) is 7.19. The molecule has 19 heavy (non-hydrogen) atoms. The number of hydrogen-bond donors (Lipinski definition) is 2. The Morgan fingerprint density at radius 1 is 0.789 bits per heavy atom. The normalized spacial score (nSPS) is 11.9. The molecule has 0 aromatic heterocycles. The lowest BCUT2D eigenvalue weighted by Gasteiger charge is -2.07. The third-order valence-electron chi connectivity index (χ3n) is 2.43. The third-order valence-corrected chi connectivity index (χ3v) is 3.34. The van der Waals surface area contributed by atoms with E-state index >= 15 is 0 Å². The molecule has 2 N–H and O–H groups in total. The molecule has 0 spiro atoms. The second kappa shape index (κ2) is 12.8. The van der Waals surface area contributed by atoms with E-state index < -0.39 is 10.4 Å². The largest absolute Gasteiger partial charge is 0.399 e. The van der Waals surface area contributed by atoms with Crippen molar-refractivity contribution in [1.82, 2.24) is 10.6 Å². The predicted molar refractivity (Wildman–Crippen MR) is 76.4 cm³/mol. The van der Waals surface area contributed by atoms with Crippen molar-refractivity contribution in [2.24, 2.45) is 0 Å². The summed E-state index contributed by atoms with van der Waals surface area (Å²) in [5.41, 5.74) is 0. The zero-order valence-electron chi connectivity index (χ0n) is 12.1. The van der Waals surface area contributed by atoms with Gasteiger partial charge in [-0.3, -0.25) is 0 Å². The number of unbranched alkanes of at least 4 members (excludes halogenated alkanes) is 2. The molecule has 0 aliphatic carbocycles. The van der Waals surface area contributed by atoms with Crippen LogP contribution in [0.2, 0.25) is 0 Å². The Labute approximate surface area is 117 Å². The van der Waals surface area contributed by atoms with E-state index in [1.165, 1.54) is 0 Å². The van der Waals surface area contributed by atoms with E-state index in [0.717, 1.165) is 38.8 Å². The second-order valence-electron chi connectivity index (χ2n) is 4.26. The van der Waals surface area contributed by atoms with Crippen molar-refractivity contribution in [2.45, 2.75) is 39.5 Å². The molecule has 0 heterocycles. The molecule has 116 valence electrons. The van der Waals surface area contributed by atoms with Crippen molar-refractivity contribution in [3.63, 3.8) is 0 Å². The highest BCUT2D eigenvalue weighted by atomic mass is 32.3. The van der Waals surface area contributed by atoms with Crippen molar-refractivity contribution in [3.8, 4) is 0 Å². The first-order valence-corrected chi connectivity index (χ1v) is 8.41. The molecule has 0 rings (SSSR count). The minimum atomic E-state index is -3.85. The molecule has 0 aromatic rings. The Hall–Kier alpha value is -0.210. The SMILES string of the molecule is CCCCNCCOS(=O)(=O)OCCNCCCC. The van der Waals surface area contributed by atoms with Gasteiger partial charge in [0.25, 0.3) is 0 Å². The fourth-order valence-corrected chi connectivity index (χ4v) is 1.96. The summed E-state index contributed by atoms with van der Waals surface area (Å²) >= 11 is 0. The van der Waals surface area contributed by atoms with E-state index in [0.29, 0.717) is 13.1 Å². The zero-order valence-corrected chi connectivity index (χ0v) is 12.9. The van der Waals surface area contributed by atoms with Crippen LogP contribution in [0.5, 0.6) is 0 Å². The molecule has 0 unspecified atom stereocenters. The summed E-state index contributed by atoms with van der Waals surface area (Å²) in [7, 11) is -3.85. The smallest absolute Gasteiger partial charge is 0.314 e. The molecule has 7 heteroatoms. The Balaban J connectivity index is 3.42. The lowest BCUT2D eigenvalue weighted by Crippen LogP contribution is -2.25. The average Bonchev–Trinajstić information content (AvgIpc) is 2.38. The van der Waals surface area contributed by atoms with Gasteiger partial charge in [-0.1, -0.05) is 26.7 Å². The van der Waals surface area contributed by atoms with Crippen LogP contribution in [0, 0.1) is 0 Å². The molecule has 0 saturated carbocycles.